The molecule has 5 rings (SSSR count). The summed E-state index contributed by atoms with van der Waals surface area (Å²) in [6.45, 7) is 0.779. The standard InChI is InChI=1S/C21H19N5OS/c1-3-7-15(8-4-1)13-26-19(16-11-12-16)23-25-21(26)28-14-18-22-24-20(27-18)17-9-5-2-6-10-17/h1-10,16H,11-14H2. The zero-order valence-electron chi connectivity index (χ0n) is 15.2. The maximum absolute atomic E-state index is 5.82. The van der Waals surface area contributed by atoms with Crippen LogP contribution in [0.3, 0.4) is 0 Å². The van der Waals surface area contributed by atoms with Gasteiger partial charge in [-0.15, -0.1) is 20.4 Å². The van der Waals surface area contributed by atoms with Gasteiger partial charge in [-0.05, 0) is 30.5 Å². The van der Waals surface area contributed by atoms with Gasteiger partial charge in [-0.1, -0.05) is 60.3 Å². The molecule has 0 unspecified atom stereocenters. The summed E-state index contributed by atoms with van der Waals surface area (Å²) < 4.78 is 8.04. The number of hydrogen-bond donors (Lipinski definition) is 0. The Hall–Kier alpha value is -2.93. The summed E-state index contributed by atoms with van der Waals surface area (Å²) in [6.07, 6.45) is 2.39. The molecular formula is C21H19N5OS. The van der Waals surface area contributed by atoms with Crippen LogP contribution < -0.4 is 0 Å². The van der Waals surface area contributed by atoms with Gasteiger partial charge >= 0.3 is 0 Å². The van der Waals surface area contributed by atoms with Gasteiger partial charge in [0.1, 0.15) is 5.82 Å². The van der Waals surface area contributed by atoms with Crippen LogP contribution in [0.4, 0.5) is 0 Å². The van der Waals surface area contributed by atoms with Crippen molar-refractivity contribution in [1.29, 1.82) is 0 Å². The molecular weight excluding hydrogens is 370 g/mol. The van der Waals surface area contributed by atoms with Crippen molar-refractivity contribution in [1.82, 2.24) is 25.0 Å². The molecule has 2 aromatic heterocycles. The summed E-state index contributed by atoms with van der Waals surface area (Å²) in [6, 6.07) is 20.2. The first kappa shape index (κ1) is 17.2. The maximum Gasteiger partial charge on any atom is 0.247 e. The monoisotopic (exact) mass is 389 g/mol. The number of rotatable bonds is 7. The summed E-state index contributed by atoms with van der Waals surface area (Å²) >= 11 is 1.59. The minimum Gasteiger partial charge on any atom is -0.420 e. The Morgan fingerprint density at radius 3 is 2.39 bits per heavy atom. The molecule has 7 heteroatoms. The van der Waals surface area contributed by atoms with Crippen molar-refractivity contribution in [3.8, 4) is 11.5 Å². The Morgan fingerprint density at radius 1 is 0.893 bits per heavy atom. The third-order valence-corrected chi connectivity index (χ3v) is 5.64. The SMILES string of the molecule is c1ccc(Cn2c(SCc3nnc(-c4ccccc4)o3)nnc2C2CC2)cc1. The molecule has 28 heavy (non-hydrogen) atoms. The van der Waals surface area contributed by atoms with E-state index < -0.39 is 0 Å². The zero-order chi connectivity index (χ0) is 18.8. The lowest BCUT2D eigenvalue weighted by molar-refractivity contribution is 0.528. The molecule has 0 atom stereocenters. The van der Waals surface area contributed by atoms with Crippen molar-refractivity contribution in [2.45, 2.75) is 36.2 Å². The van der Waals surface area contributed by atoms with E-state index in [1.807, 2.05) is 36.4 Å². The molecule has 0 aliphatic heterocycles. The van der Waals surface area contributed by atoms with Gasteiger partial charge in [-0.25, -0.2) is 0 Å². The number of aromatic nitrogens is 5. The molecule has 0 amide bonds. The zero-order valence-corrected chi connectivity index (χ0v) is 16.0. The van der Waals surface area contributed by atoms with Crippen molar-refractivity contribution in [3.63, 3.8) is 0 Å². The minimum atomic E-state index is 0.540. The molecule has 0 spiro atoms. The third kappa shape index (κ3) is 3.71. The smallest absolute Gasteiger partial charge is 0.247 e. The molecule has 2 aromatic carbocycles. The van der Waals surface area contributed by atoms with Crippen LogP contribution in [0.2, 0.25) is 0 Å². The lowest BCUT2D eigenvalue weighted by atomic mass is 10.2. The predicted molar refractivity (Wildman–Crippen MR) is 107 cm³/mol. The van der Waals surface area contributed by atoms with Crippen molar-refractivity contribution < 1.29 is 4.42 Å². The normalized spacial score (nSPS) is 13.7. The molecule has 1 aliphatic carbocycles. The van der Waals surface area contributed by atoms with Crippen LogP contribution in [0.1, 0.15) is 36.0 Å². The van der Waals surface area contributed by atoms with E-state index >= 15 is 0 Å². The van der Waals surface area contributed by atoms with E-state index in [2.05, 4.69) is 49.2 Å². The largest absolute Gasteiger partial charge is 0.420 e. The summed E-state index contributed by atoms with van der Waals surface area (Å²) in [5.74, 6) is 3.32. The second-order valence-corrected chi connectivity index (χ2v) is 7.78. The van der Waals surface area contributed by atoms with Crippen LogP contribution in [-0.4, -0.2) is 25.0 Å². The Morgan fingerprint density at radius 2 is 1.64 bits per heavy atom. The van der Waals surface area contributed by atoms with E-state index in [4.69, 9.17) is 4.42 Å². The highest BCUT2D eigenvalue weighted by Gasteiger charge is 2.30. The van der Waals surface area contributed by atoms with E-state index in [1.165, 1.54) is 18.4 Å². The second-order valence-electron chi connectivity index (χ2n) is 6.84. The number of benzene rings is 2. The van der Waals surface area contributed by atoms with Crippen LogP contribution in [0.25, 0.3) is 11.5 Å². The number of hydrogen-bond acceptors (Lipinski definition) is 6. The summed E-state index contributed by atoms with van der Waals surface area (Å²) in [7, 11) is 0. The van der Waals surface area contributed by atoms with E-state index in [0.717, 1.165) is 23.1 Å². The predicted octanol–water partition coefficient (Wildman–Crippen LogP) is 4.55. The fraction of sp³-hybridized carbons (Fsp3) is 0.238. The van der Waals surface area contributed by atoms with Crippen LogP contribution in [0.15, 0.2) is 70.2 Å². The van der Waals surface area contributed by atoms with Gasteiger partial charge in [0.05, 0.1) is 12.3 Å². The van der Waals surface area contributed by atoms with E-state index in [0.29, 0.717) is 23.5 Å². The van der Waals surface area contributed by atoms with E-state index in [-0.39, 0.29) is 0 Å². The average Bonchev–Trinajstić information content (AvgIpc) is 3.34. The number of thioether (sulfide) groups is 1. The average molecular weight is 389 g/mol. The molecule has 0 radical (unpaired) electrons. The van der Waals surface area contributed by atoms with Crippen LogP contribution >= 0.6 is 11.8 Å². The Labute approximate surface area is 167 Å². The summed E-state index contributed by atoms with van der Waals surface area (Å²) in [5.41, 5.74) is 2.17. The van der Waals surface area contributed by atoms with Gasteiger partial charge in [0.15, 0.2) is 5.16 Å². The summed E-state index contributed by atoms with van der Waals surface area (Å²) in [5, 5.41) is 18.1. The van der Waals surface area contributed by atoms with E-state index in [1.54, 1.807) is 11.8 Å². The molecule has 1 aliphatic rings. The molecule has 1 saturated carbocycles. The van der Waals surface area contributed by atoms with Gasteiger partial charge in [0.25, 0.3) is 0 Å². The molecule has 0 saturated heterocycles. The molecule has 1 fully saturated rings. The first-order chi connectivity index (χ1) is 13.9. The quantitative estimate of drug-likeness (QED) is 0.432. The molecule has 140 valence electrons. The second kappa shape index (κ2) is 7.59. The van der Waals surface area contributed by atoms with Crippen molar-refractivity contribution >= 4 is 11.8 Å². The Kier molecular flexibility index (Phi) is 4.66. The minimum absolute atomic E-state index is 0.540. The molecule has 2 heterocycles. The van der Waals surface area contributed by atoms with Crippen LogP contribution in [0.5, 0.6) is 0 Å². The molecule has 4 aromatic rings. The van der Waals surface area contributed by atoms with Crippen molar-refractivity contribution in [3.05, 3.63) is 77.9 Å². The highest BCUT2D eigenvalue weighted by atomic mass is 32.2. The van der Waals surface area contributed by atoms with Gasteiger partial charge in [0, 0.05) is 11.5 Å². The van der Waals surface area contributed by atoms with Crippen molar-refractivity contribution in [2.24, 2.45) is 0 Å². The van der Waals surface area contributed by atoms with Gasteiger partial charge < -0.3 is 8.98 Å². The molecule has 6 nitrogen and oxygen atoms in total. The third-order valence-electron chi connectivity index (χ3n) is 4.68. The maximum atomic E-state index is 5.82. The van der Waals surface area contributed by atoms with Gasteiger partial charge in [-0.3, -0.25) is 0 Å². The van der Waals surface area contributed by atoms with Crippen molar-refractivity contribution in [2.75, 3.05) is 0 Å². The first-order valence-electron chi connectivity index (χ1n) is 9.34. The first-order valence-corrected chi connectivity index (χ1v) is 10.3. The van der Waals surface area contributed by atoms with Crippen LogP contribution in [0, 0.1) is 0 Å². The molecule has 0 bridgehead atoms. The lowest BCUT2D eigenvalue weighted by Gasteiger charge is -2.09. The Balaban J connectivity index is 1.34. The fourth-order valence-electron chi connectivity index (χ4n) is 3.10. The number of nitrogens with zero attached hydrogens (tertiary/aromatic N) is 5. The van der Waals surface area contributed by atoms with E-state index in [9.17, 15) is 0 Å². The summed E-state index contributed by atoms with van der Waals surface area (Å²) in [4.78, 5) is 0. The highest BCUT2D eigenvalue weighted by molar-refractivity contribution is 7.98. The fourth-order valence-corrected chi connectivity index (χ4v) is 3.88. The highest BCUT2D eigenvalue weighted by Crippen LogP contribution is 2.40. The molecule has 0 N–H and O–H groups in total. The van der Waals surface area contributed by atoms with Gasteiger partial charge in [-0.2, -0.15) is 0 Å². The van der Waals surface area contributed by atoms with Gasteiger partial charge in [0.2, 0.25) is 11.8 Å². The Bertz CT molecular complexity index is 1060. The van der Waals surface area contributed by atoms with Crippen LogP contribution in [-0.2, 0) is 12.3 Å². The lowest BCUT2D eigenvalue weighted by Crippen LogP contribution is -2.06. The topological polar surface area (TPSA) is 69.6 Å².